The summed E-state index contributed by atoms with van der Waals surface area (Å²) in [4.78, 5) is 0. The summed E-state index contributed by atoms with van der Waals surface area (Å²) >= 11 is 0. The number of benzene rings is 1. The molecule has 1 aromatic carbocycles. The molecule has 4 nitrogen and oxygen atoms in total. The second-order valence-corrected chi connectivity index (χ2v) is 3.68. The van der Waals surface area contributed by atoms with Gasteiger partial charge in [-0.05, 0) is 30.2 Å². The van der Waals surface area contributed by atoms with Crippen molar-refractivity contribution in [1.82, 2.24) is 15.0 Å². The fourth-order valence-corrected chi connectivity index (χ4v) is 1.52. The van der Waals surface area contributed by atoms with E-state index in [0.29, 0.717) is 13.1 Å². The van der Waals surface area contributed by atoms with Crippen LogP contribution in [0.5, 0.6) is 0 Å². The van der Waals surface area contributed by atoms with Gasteiger partial charge in [0.2, 0.25) is 0 Å². The summed E-state index contributed by atoms with van der Waals surface area (Å²) in [6.45, 7) is 2.83. The van der Waals surface area contributed by atoms with E-state index >= 15 is 0 Å². The van der Waals surface area contributed by atoms with Crippen LogP contribution in [-0.4, -0.2) is 15.0 Å². The van der Waals surface area contributed by atoms with Crippen LogP contribution in [0.4, 0.5) is 4.39 Å². The summed E-state index contributed by atoms with van der Waals surface area (Å²) in [7, 11) is 0. The molecule has 0 amide bonds. The Hall–Kier alpha value is -1.75. The van der Waals surface area contributed by atoms with E-state index in [1.165, 1.54) is 12.1 Å². The zero-order chi connectivity index (χ0) is 11.5. The van der Waals surface area contributed by atoms with Crippen molar-refractivity contribution < 1.29 is 4.39 Å². The largest absolute Gasteiger partial charge is 0.325 e. The van der Waals surface area contributed by atoms with E-state index in [-0.39, 0.29) is 5.82 Å². The number of nitrogens with zero attached hydrogens (tertiary/aromatic N) is 3. The molecule has 2 N–H and O–H groups in total. The fourth-order valence-electron chi connectivity index (χ4n) is 1.52. The monoisotopic (exact) mass is 220 g/mol. The molecule has 0 saturated carbocycles. The van der Waals surface area contributed by atoms with Gasteiger partial charge in [-0.25, -0.2) is 9.07 Å². The zero-order valence-corrected chi connectivity index (χ0v) is 9.02. The third-order valence-electron chi connectivity index (χ3n) is 2.43. The van der Waals surface area contributed by atoms with Crippen LogP contribution in [0.2, 0.25) is 0 Å². The van der Waals surface area contributed by atoms with Crippen molar-refractivity contribution in [2.24, 2.45) is 5.73 Å². The Morgan fingerprint density at radius 1 is 1.44 bits per heavy atom. The molecule has 2 aromatic rings. The highest BCUT2D eigenvalue weighted by Crippen LogP contribution is 2.11. The summed E-state index contributed by atoms with van der Waals surface area (Å²) in [6, 6.07) is 4.72. The van der Waals surface area contributed by atoms with Crippen LogP contribution in [0, 0.1) is 12.7 Å². The SMILES string of the molecule is Cc1cc(F)ccc1Cn1cc(CN)nn1. The van der Waals surface area contributed by atoms with Crippen molar-refractivity contribution in [3.63, 3.8) is 0 Å². The van der Waals surface area contributed by atoms with E-state index < -0.39 is 0 Å². The van der Waals surface area contributed by atoms with Crippen LogP contribution >= 0.6 is 0 Å². The summed E-state index contributed by atoms with van der Waals surface area (Å²) in [5.74, 6) is -0.220. The summed E-state index contributed by atoms with van der Waals surface area (Å²) < 4.78 is 14.6. The molecule has 0 bridgehead atoms. The fraction of sp³-hybridized carbons (Fsp3) is 0.273. The summed E-state index contributed by atoms with van der Waals surface area (Å²) in [6.07, 6.45) is 1.79. The maximum atomic E-state index is 12.9. The number of halogens is 1. The molecule has 0 aliphatic heterocycles. The van der Waals surface area contributed by atoms with E-state index in [4.69, 9.17) is 5.73 Å². The van der Waals surface area contributed by atoms with Crippen LogP contribution in [0.15, 0.2) is 24.4 Å². The molecule has 0 saturated heterocycles. The van der Waals surface area contributed by atoms with Crippen LogP contribution < -0.4 is 5.73 Å². The highest BCUT2D eigenvalue weighted by molar-refractivity contribution is 5.26. The predicted molar refractivity (Wildman–Crippen MR) is 58.2 cm³/mol. The maximum Gasteiger partial charge on any atom is 0.123 e. The van der Waals surface area contributed by atoms with E-state index in [1.54, 1.807) is 16.9 Å². The molecule has 84 valence electrons. The first-order chi connectivity index (χ1) is 7.69. The Kier molecular flexibility index (Phi) is 2.96. The van der Waals surface area contributed by atoms with Crippen molar-refractivity contribution in [2.45, 2.75) is 20.0 Å². The van der Waals surface area contributed by atoms with Crippen LogP contribution in [-0.2, 0) is 13.1 Å². The van der Waals surface area contributed by atoms with Gasteiger partial charge in [-0.1, -0.05) is 11.3 Å². The molecule has 0 atom stereocenters. The Morgan fingerprint density at radius 2 is 2.25 bits per heavy atom. The number of rotatable bonds is 3. The quantitative estimate of drug-likeness (QED) is 0.846. The molecule has 0 spiro atoms. The van der Waals surface area contributed by atoms with Crippen molar-refractivity contribution in [2.75, 3.05) is 0 Å². The molecule has 0 aliphatic carbocycles. The van der Waals surface area contributed by atoms with Gasteiger partial charge in [-0.3, -0.25) is 0 Å². The van der Waals surface area contributed by atoms with E-state index in [9.17, 15) is 4.39 Å². The first kappa shape index (κ1) is 10.8. The molecule has 1 heterocycles. The number of aromatic nitrogens is 3. The maximum absolute atomic E-state index is 12.9. The first-order valence-corrected chi connectivity index (χ1v) is 5.03. The molecule has 5 heteroatoms. The van der Waals surface area contributed by atoms with Gasteiger partial charge in [0.25, 0.3) is 0 Å². The van der Waals surface area contributed by atoms with Crippen molar-refractivity contribution >= 4 is 0 Å². The van der Waals surface area contributed by atoms with Gasteiger partial charge >= 0.3 is 0 Å². The van der Waals surface area contributed by atoms with Crippen LogP contribution in [0.3, 0.4) is 0 Å². The Morgan fingerprint density at radius 3 is 2.88 bits per heavy atom. The standard InChI is InChI=1S/C11H13FN4/c1-8-4-10(12)3-2-9(8)6-16-7-11(5-13)14-15-16/h2-4,7H,5-6,13H2,1H3. The van der Waals surface area contributed by atoms with E-state index in [1.807, 2.05) is 6.92 Å². The summed E-state index contributed by atoms with van der Waals surface area (Å²) in [5, 5.41) is 7.83. The molecule has 0 radical (unpaired) electrons. The number of aryl methyl sites for hydroxylation is 1. The van der Waals surface area contributed by atoms with E-state index in [0.717, 1.165) is 16.8 Å². The number of hydrogen-bond donors (Lipinski definition) is 1. The van der Waals surface area contributed by atoms with Gasteiger partial charge in [0.1, 0.15) is 5.82 Å². The third kappa shape index (κ3) is 2.25. The highest BCUT2D eigenvalue weighted by Gasteiger charge is 2.03. The number of nitrogens with two attached hydrogens (primary N) is 1. The molecular weight excluding hydrogens is 207 g/mol. The topological polar surface area (TPSA) is 56.7 Å². The first-order valence-electron chi connectivity index (χ1n) is 5.03. The predicted octanol–water partition coefficient (Wildman–Crippen LogP) is 1.23. The molecule has 0 unspecified atom stereocenters. The molecule has 0 aliphatic rings. The Labute approximate surface area is 92.9 Å². The smallest absolute Gasteiger partial charge is 0.123 e. The molecule has 0 fully saturated rings. The minimum Gasteiger partial charge on any atom is -0.325 e. The van der Waals surface area contributed by atoms with Crippen molar-refractivity contribution in [3.8, 4) is 0 Å². The van der Waals surface area contributed by atoms with Crippen LogP contribution in [0.1, 0.15) is 16.8 Å². The normalized spacial score (nSPS) is 10.7. The van der Waals surface area contributed by atoms with Crippen molar-refractivity contribution in [1.29, 1.82) is 0 Å². The second kappa shape index (κ2) is 4.40. The van der Waals surface area contributed by atoms with Gasteiger partial charge in [0.15, 0.2) is 0 Å². The second-order valence-electron chi connectivity index (χ2n) is 3.68. The minimum absolute atomic E-state index is 0.220. The lowest BCUT2D eigenvalue weighted by molar-refractivity contribution is 0.619. The molecule has 2 rings (SSSR count). The highest BCUT2D eigenvalue weighted by atomic mass is 19.1. The van der Waals surface area contributed by atoms with Gasteiger partial charge < -0.3 is 5.73 Å². The Balaban J connectivity index is 2.20. The van der Waals surface area contributed by atoms with Crippen molar-refractivity contribution in [3.05, 3.63) is 47.0 Å². The Bertz CT molecular complexity index is 492. The molecule has 1 aromatic heterocycles. The zero-order valence-electron chi connectivity index (χ0n) is 9.02. The van der Waals surface area contributed by atoms with Gasteiger partial charge in [-0.2, -0.15) is 0 Å². The van der Waals surface area contributed by atoms with E-state index in [2.05, 4.69) is 10.3 Å². The van der Waals surface area contributed by atoms with Gasteiger partial charge in [-0.15, -0.1) is 5.10 Å². The molecule has 16 heavy (non-hydrogen) atoms. The summed E-state index contributed by atoms with van der Waals surface area (Å²) in [5.41, 5.74) is 8.12. The van der Waals surface area contributed by atoms with Crippen LogP contribution in [0.25, 0.3) is 0 Å². The average molecular weight is 220 g/mol. The minimum atomic E-state index is -0.220. The lowest BCUT2D eigenvalue weighted by Crippen LogP contribution is -2.02. The number of hydrogen-bond acceptors (Lipinski definition) is 3. The van der Waals surface area contributed by atoms with Gasteiger partial charge in [0, 0.05) is 6.54 Å². The van der Waals surface area contributed by atoms with Gasteiger partial charge in [0.05, 0.1) is 18.4 Å². The lowest BCUT2D eigenvalue weighted by Gasteiger charge is -2.04. The average Bonchev–Trinajstić information content (AvgIpc) is 2.70. The molecular formula is C11H13FN4. The lowest BCUT2D eigenvalue weighted by atomic mass is 10.1. The third-order valence-corrected chi connectivity index (χ3v) is 2.43.